The van der Waals surface area contributed by atoms with E-state index in [4.69, 9.17) is 19.5 Å². The minimum absolute atomic E-state index is 0.0815. The largest absolute Gasteiger partial charge is 0.493 e. The van der Waals surface area contributed by atoms with Gasteiger partial charge in [-0.15, -0.1) is 0 Å². The fraction of sp³-hybridized carbons (Fsp3) is 0.381. The second kappa shape index (κ2) is 9.26. The number of anilines is 1. The predicted octanol–water partition coefficient (Wildman–Crippen LogP) is 3.95. The molecule has 1 saturated heterocycles. The predicted molar refractivity (Wildman–Crippen MR) is 107 cm³/mol. The van der Waals surface area contributed by atoms with Gasteiger partial charge in [0.05, 0.1) is 29.8 Å². The van der Waals surface area contributed by atoms with Gasteiger partial charge in [-0.25, -0.2) is 0 Å². The van der Waals surface area contributed by atoms with Gasteiger partial charge >= 0.3 is 0 Å². The number of nitriles is 1. The molecule has 2 aromatic rings. The molecule has 0 radical (unpaired) electrons. The molecule has 0 aromatic heterocycles. The topological polar surface area (TPSA) is 107 Å². The minimum Gasteiger partial charge on any atom is -0.493 e. The van der Waals surface area contributed by atoms with Gasteiger partial charge in [0, 0.05) is 30.5 Å². The average Bonchev–Trinajstić information content (AvgIpc) is 3.25. The molecule has 0 saturated carbocycles. The maximum absolute atomic E-state index is 11.2. The van der Waals surface area contributed by atoms with Crippen LogP contribution in [0.1, 0.15) is 29.5 Å². The normalized spacial score (nSPS) is 15.6. The van der Waals surface area contributed by atoms with E-state index in [2.05, 4.69) is 5.32 Å². The van der Waals surface area contributed by atoms with Gasteiger partial charge in [-0.3, -0.25) is 10.1 Å². The summed E-state index contributed by atoms with van der Waals surface area (Å²) in [5.41, 5.74) is 2.10. The van der Waals surface area contributed by atoms with Crippen LogP contribution in [0.2, 0.25) is 0 Å². The number of methoxy groups -OCH3 is 1. The second-order valence-electron chi connectivity index (χ2n) is 6.82. The molecule has 8 nitrogen and oxygen atoms in total. The Kier molecular flexibility index (Phi) is 6.52. The van der Waals surface area contributed by atoms with Crippen molar-refractivity contribution in [3.05, 3.63) is 57.1 Å². The molecule has 152 valence electrons. The van der Waals surface area contributed by atoms with E-state index in [-0.39, 0.29) is 17.4 Å². The van der Waals surface area contributed by atoms with Gasteiger partial charge in [0.15, 0.2) is 11.5 Å². The Morgan fingerprint density at radius 2 is 2.17 bits per heavy atom. The third-order valence-corrected chi connectivity index (χ3v) is 4.87. The molecule has 0 spiro atoms. The van der Waals surface area contributed by atoms with E-state index in [0.717, 1.165) is 25.0 Å². The molecule has 0 aliphatic carbocycles. The fourth-order valence-corrected chi connectivity index (χ4v) is 3.23. The van der Waals surface area contributed by atoms with Crippen LogP contribution < -0.4 is 14.8 Å². The molecule has 8 heteroatoms. The summed E-state index contributed by atoms with van der Waals surface area (Å²) in [6.07, 6.45) is 2.17. The molecule has 1 atom stereocenters. The number of ether oxygens (including phenoxy) is 3. The summed E-state index contributed by atoms with van der Waals surface area (Å²) < 4.78 is 16.8. The van der Waals surface area contributed by atoms with Gasteiger partial charge in [0.1, 0.15) is 6.61 Å². The summed E-state index contributed by atoms with van der Waals surface area (Å²) in [7, 11) is 1.58. The van der Waals surface area contributed by atoms with E-state index in [0.29, 0.717) is 35.9 Å². The van der Waals surface area contributed by atoms with Gasteiger partial charge in [-0.1, -0.05) is 6.07 Å². The van der Waals surface area contributed by atoms with E-state index in [9.17, 15) is 10.1 Å². The summed E-state index contributed by atoms with van der Waals surface area (Å²) in [6, 6.07) is 10.4. The molecular weight excluding hydrogens is 374 g/mol. The quantitative estimate of drug-likeness (QED) is 0.531. The molecule has 1 N–H and O–H groups in total. The molecular formula is C21H23N3O5. The highest BCUT2D eigenvalue weighted by atomic mass is 16.6. The van der Waals surface area contributed by atoms with Crippen LogP contribution >= 0.6 is 0 Å². The number of benzene rings is 2. The van der Waals surface area contributed by atoms with Gasteiger partial charge in [0.25, 0.3) is 5.69 Å². The Hall–Kier alpha value is -3.31. The van der Waals surface area contributed by atoms with Crippen LogP contribution in [0.25, 0.3) is 0 Å². The molecule has 1 heterocycles. The zero-order valence-corrected chi connectivity index (χ0v) is 16.4. The van der Waals surface area contributed by atoms with Crippen molar-refractivity contribution in [2.45, 2.75) is 32.4 Å². The van der Waals surface area contributed by atoms with Crippen LogP contribution in [0.3, 0.4) is 0 Å². The van der Waals surface area contributed by atoms with Crippen molar-refractivity contribution in [3.63, 3.8) is 0 Å². The number of hydrogen-bond acceptors (Lipinski definition) is 7. The lowest BCUT2D eigenvalue weighted by atomic mass is 10.1. The highest BCUT2D eigenvalue weighted by molar-refractivity contribution is 5.64. The van der Waals surface area contributed by atoms with Crippen molar-refractivity contribution in [1.29, 1.82) is 5.26 Å². The van der Waals surface area contributed by atoms with E-state index in [1.165, 1.54) is 6.07 Å². The van der Waals surface area contributed by atoms with Crippen LogP contribution in [-0.2, 0) is 11.3 Å². The number of rotatable bonds is 8. The van der Waals surface area contributed by atoms with E-state index in [1.807, 2.05) is 24.3 Å². The van der Waals surface area contributed by atoms with Gasteiger partial charge in [-0.05, 0) is 43.5 Å². The van der Waals surface area contributed by atoms with Gasteiger partial charge in [0.2, 0.25) is 0 Å². The van der Waals surface area contributed by atoms with Crippen LogP contribution in [0.5, 0.6) is 11.5 Å². The molecule has 0 amide bonds. The Morgan fingerprint density at radius 1 is 1.34 bits per heavy atom. The Balaban J connectivity index is 1.71. The molecule has 1 aliphatic heterocycles. The van der Waals surface area contributed by atoms with Crippen LogP contribution in [-0.4, -0.2) is 31.4 Å². The highest BCUT2D eigenvalue weighted by Crippen LogP contribution is 2.31. The fourth-order valence-electron chi connectivity index (χ4n) is 3.23. The third-order valence-electron chi connectivity index (χ3n) is 4.87. The summed E-state index contributed by atoms with van der Waals surface area (Å²) in [5, 5.41) is 23.5. The summed E-state index contributed by atoms with van der Waals surface area (Å²) in [6.45, 7) is 3.33. The van der Waals surface area contributed by atoms with Crippen molar-refractivity contribution < 1.29 is 19.1 Å². The molecule has 1 unspecified atom stereocenters. The molecule has 2 aromatic carbocycles. The Bertz CT molecular complexity index is 933. The van der Waals surface area contributed by atoms with Gasteiger partial charge in [-0.2, -0.15) is 5.26 Å². The Labute approximate surface area is 169 Å². The van der Waals surface area contributed by atoms with Crippen molar-refractivity contribution in [1.82, 2.24) is 0 Å². The van der Waals surface area contributed by atoms with Gasteiger partial charge < -0.3 is 19.5 Å². The zero-order chi connectivity index (χ0) is 20.8. The van der Waals surface area contributed by atoms with Crippen LogP contribution in [0, 0.1) is 28.4 Å². The standard InChI is InChI=1S/C21H23N3O5/c1-14-18(8-16(11-22)9-19(14)24(25)26)23-12-15-5-6-20(21(10-15)27-2)29-13-17-4-3-7-28-17/h5-6,8-10,17,23H,3-4,7,12-13H2,1-2H3. The third kappa shape index (κ3) is 4.95. The molecule has 1 aliphatic rings. The first-order valence-corrected chi connectivity index (χ1v) is 9.36. The van der Waals surface area contributed by atoms with Crippen molar-refractivity contribution in [3.8, 4) is 17.6 Å². The number of nitro groups is 1. The Morgan fingerprint density at radius 3 is 2.83 bits per heavy atom. The smallest absolute Gasteiger partial charge is 0.275 e. The molecule has 3 rings (SSSR count). The van der Waals surface area contributed by atoms with E-state index in [1.54, 1.807) is 20.1 Å². The first-order valence-electron chi connectivity index (χ1n) is 9.36. The number of hydrogen-bond donors (Lipinski definition) is 1. The average molecular weight is 397 g/mol. The molecule has 29 heavy (non-hydrogen) atoms. The molecule has 0 bridgehead atoms. The van der Waals surface area contributed by atoms with E-state index >= 15 is 0 Å². The summed E-state index contributed by atoms with van der Waals surface area (Å²) >= 11 is 0. The molecule has 1 fully saturated rings. The van der Waals surface area contributed by atoms with Crippen molar-refractivity contribution >= 4 is 11.4 Å². The number of nitro benzene ring substituents is 1. The van der Waals surface area contributed by atoms with Crippen LogP contribution in [0.15, 0.2) is 30.3 Å². The zero-order valence-electron chi connectivity index (χ0n) is 16.4. The lowest BCUT2D eigenvalue weighted by Gasteiger charge is -2.16. The van der Waals surface area contributed by atoms with Crippen molar-refractivity contribution in [2.75, 3.05) is 25.6 Å². The number of nitrogens with zero attached hydrogens (tertiary/aromatic N) is 2. The number of nitrogens with one attached hydrogen (secondary N) is 1. The lowest BCUT2D eigenvalue weighted by Crippen LogP contribution is -2.16. The van der Waals surface area contributed by atoms with Crippen molar-refractivity contribution in [2.24, 2.45) is 0 Å². The summed E-state index contributed by atoms with van der Waals surface area (Å²) in [4.78, 5) is 10.7. The minimum atomic E-state index is -0.482. The summed E-state index contributed by atoms with van der Waals surface area (Å²) in [5.74, 6) is 1.25. The first-order chi connectivity index (χ1) is 14.0. The lowest BCUT2D eigenvalue weighted by molar-refractivity contribution is -0.385. The van der Waals surface area contributed by atoms with E-state index < -0.39 is 4.92 Å². The SMILES string of the molecule is COc1cc(CNc2cc(C#N)cc([N+](=O)[O-])c2C)ccc1OCC1CCCO1. The monoisotopic (exact) mass is 397 g/mol. The maximum atomic E-state index is 11.2. The second-order valence-corrected chi connectivity index (χ2v) is 6.82. The van der Waals surface area contributed by atoms with Crippen LogP contribution in [0.4, 0.5) is 11.4 Å². The first kappa shape index (κ1) is 20.4. The maximum Gasteiger partial charge on any atom is 0.275 e. The highest BCUT2D eigenvalue weighted by Gasteiger charge is 2.18.